The number of carbonyl (C=O) groups is 2. The van der Waals surface area contributed by atoms with E-state index in [1.807, 2.05) is 0 Å². The molecule has 5 N–H and O–H groups in total. The molecular weight excluding hydrogens is 264 g/mol. The Morgan fingerprint density at radius 1 is 1.35 bits per heavy atom. The van der Waals surface area contributed by atoms with Gasteiger partial charge in [0.25, 0.3) is 5.91 Å². The molecule has 1 aromatic carbocycles. The second kappa shape index (κ2) is 7.46. The number of aliphatic carboxylic acids is 1. The molecule has 1 aromatic rings. The van der Waals surface area contributed by atoms with Gasteiger partial charge in [0.2, 0.25) is 0 Å². The lowest BCUT2D eigenvalue weighted by molar-refractivity contribution is -0.143. The molecular formula is C13H18N2O5. The monoisotopic (exact) mass is 282 g/mol. The topological polar surface area (TPSA) is 122 Å². The van der Waals surface area contributed by atoms with Gasteiger partial charge < -0.3 is 26.0 Å². The maximum atomic E-state index is 11.7. The molecule has 0 fully saturated rings. The lowest BCUT2D eigenvalue weighted by atomic mass is 10.1. The van der Waals surface area contributed by atoms with Crippen LogP contribution in [0.2, 0.25) is 0 Å². The number of hydrogen-bond donors (Lipinski definition) is 4. The Balaban J connectivity index is 2.72. The summed E-state index contributed by atoms with van der Waals surface area (Å²) in [5.74, 6) is -1.63. The van der Waals surface area contributed by atoms with E-state index < -0.39 is 24.0 Å². The number of phenolic OH excluding ortho intramolecular Hbond substituents is 1. The average molecular weight is 282 g/mol. The van der Waals surface area contributed by atoms with Crippen LogP contribution in [0, 0.1) is 0 Å². The molecule has 0 aliphatic carbocycles. The number of hydrogen-bond acceptors (Lipinski definition) is 5. The van der Waals surface area contributed by atoms with Crippen LogP contribution in [0.5, 0.6) is 5.75 Å². The maximum absolute atomic E-state index is 11.7. The van der Waals surface area contributed by atoms with Gasteiger partial charge in [-0.3, -0.25) is 4.79 Å². The van der Waals surface area contributed by atoms with Gasteiger partial charge in [0.1, 0.15) is 17.9 Å². The number of rotatable bonds is 7. The number of ether oxygens (including phenoxy) is 1. The molecule has 0 aliphatic heterocycles. The van der Waals surface area contributed by atoms with Crippen LogP contribution in [-0.4, -0.2) is 47.9 Å². The smallest absolute Gasteiger partial charge is 0.326 e. The normalized spacial score (nSPS) is 13.5. The fraction of sp³-hybridized carbons (Fsp3) is 0.385. The predicted molar refractivity (Wildman–Crippen MR) is 71.2 cm³/mol. The fourth-order valence-electron chi connectivity index (χ4n) is 1.64. The van der Waals surface area contributed by atoms with Gasteiger partial charge in [0.15, 0.2) is 0 Å². The van der Waals surface area contributed by atoms with E-state index in [0.29, 0.717) is 5.56 Å². The first-order valence-electron chi connectivity index (χ1n) is 6.02. The summed E-state index contributed by atoms with van der Waals surface area (Å²) in [7, 11) is 1.33. The summed E-state index contributed by atoms with van der Waals surface area (Å²) in [5, 5.41) is 20.7. The second-order valence-corrected chi connectivity index (χ2v) is 4.23. The molecule has 0 saturated carbocycles. The fourth-order valence-corrected chi connectivity index (χ4v) is 1.64. The Bertz CT molecular complexity index is 456. The molecule has 0 aliphatic rings. The van der Waals surface area contributed by atoms with Crippen LogP contribution in [-0.2, 0) is 20.7 Å². The number of carbonyl (C=O) groups excluding carboxylic acids is 1. The molecule has 110 valence electrons. The van der Waals surface area contributed by atoms with Crippen LogP contribution in [0.1, 0.15) is 5.56 Å². The second-order valence-electron chi connectivity index (χ2n) is 4.23. The van der Waals surface area contributed by atoms with E-state index in [4.69, 9.17) is 20.7 Å². The molecule has 0 saturated heterocycles. The highest BCUT2D eigenvalue weighted by Gasteiger charge is 2.24. The van der Waals surface area contributed by atoms with Crippen molar-refractivity contribution in [1.82, 2.24) is 5.32 Å². The highest BCUT2D eigenvalue weighted by atomic mass is 16.5. The number of carboxylic acid groups (broad SMARTS) is 1. The van der Waals surface area contributed by atoms with Crippen LogP contribution in [0.25, 0.3) is 0 Å². The van der Waals surface area contributed by atoms with Gasteiger partial charge in [0, 0.05) is 20.1 Å². The van der Waals surface area contributed by atoms with Gasteiger partial charge >= 0.3 is 5.97 Å². The van der Waals surface area contributed by atoms with Gasteiger partial charge in [-0.15, -0.1) is 0 Å². The van der Waals surface area contributed by atoms with E-state index in [1.165, 1.54) is 19.2 Å². The van der Waals surface area contributed by atoms with Gasteiger partial charge in [0.05, 0.1) is 0 Å². The third-order valence-corrected chi connectivity index (χ3v) is 2.78. The number of benzene rings is 1. The molecule has 20 heavy (non-hydrogen) atoms. The number of nitrogens with two attached hydrogens (primary N) is 1. The third-order valence-electron chi connectivity index (χ3n) is 2.78. The average Bonchev–Trinajstić information content (AvgIpc) is 2.41. The molecule has 1 amide bonds. The summed E-state index contributed by atoms with van der Waals surface area (Å²) in [6.07, 6.45) is -0.779. The quantitative estimate of drug-likeness (QED) is 0.533. The Kier molecular flexibility index (Phi) is 5.95. The van der Waals surface area contributed by atoms with Crippen molar-refractivity contribution in [3.8, 4) is 5.75 Å². The van der Waals surface area contributed by atoms with Crippen LogP contribution in [0.4, 0.5) is 0 Å². The largest absolute Gasteiger partial charge is 0.508 e. The predicted octanol–water partition coefficient (Wildman–Crippen LogP) is -0.522. The van der Waals surface area contributed by atoms with E-state index in [2.05, 4.69) is 5.32 Å². The standard InChI is InChI=1S/C13H18N2O5/c1-20-11(7-14)12(17)15-10(13(18)19)6-8-2-4-9(16)5-3-8/h2-5,10-11,16H,6-7,14H2,1H3,(H,15,17)(H,18,19)/t10-,11?/m1/s1. The van der Waals surface area contributed by atoms with Crippen molar-refractivity contribution < 1.29 is 24.5 Å². The summed E-state index contributed by atoms with van der Waals surface area (Å²) < 4.78 is 4.84. The van der Waals surface area contributed by atoms with Crippen molar-refractivity contribution >= 4 is 11.9 Å². The molecule has 1 unspecified atom stereocenters. The molecule has 0 spiro atoms. The van der Waals surface area contributed by atoms with Crippen molar-refractivity contribution in [3.63, 3.8) is 0 Å². The summed E-state index contributed by atoms with van der Waals surface area (Å²) in [6.45, 7) is -0.0338. The van der Waals surface area contributed by atoms with E-state index in [-0.39, 0.29) is 18.7 Å². The first kappa shape index (κ1) is 15.9. The minimum absolute atomic E-state index is 0.0338. The molecule has 1 rings (SSSR count). The zero-order valence-corrected chi connectivity index (χ0v) is 11.1. The lowest BCUT2D eigenvalue weighted by Gasteiger charge is -2.18. The number of carboxylic acids is 1. The zero-order chi connectivity index (χ0) is 15.1. The molecule has 0 aromatic heterocycles. The Morgan fingerprint density at radius 3 is 2.40 bits per heavy atom. The molecule has 0 bridgehead atoms. The third kappa shape index (κ3) is 4.52. The van der Waals surface area contributed by atoms with E-state index in [0.717, 1.165) is 0 Å². The van der Waals surface area contributed by atoms with E-state index >= 15 is 0 Å². The molecule has 2 atom stereocenters. The van der Waals surface area contributed by atoms with Crippen molar-refractivity contribution in [2.75, 3.05) is 13.7 Å². The minimum atomic E-state index is -1.15. The molecule has 7 nitrogen and oxygen atoms in total. The SMILES string of the molecule is COC(CN)C(=O)N[C@H](Cc1ccc(O)cc1)C(=O)O. The Morgan fingerprint density at radius 2 is 1.95 bits per heavy atom. The zero-order valence-electron chi connectivity index (χ0n) is 11.1. The lowest BCUT2D eigenvalue weighted by Crippen LogP contribution is -2.49. The molecule has 0 radical (unpaired) electrons. The molecule has 7 heteroatoms. The number of methoxy groups -OCH3 is 1. The highest BCUT2D eigenvalue weighted by Crippen LogP contribution is 2.11. The van der Waals surface area contributed by atoms with E-state index in [1.54, 1.807) is 12.1 Å². The maximum Gasteiger partial charge on any atom is 0.326 e. The number of amides is 1. The van der Waals surface area contributed by atoms with Gasteiger partial charge in [-0.25, -0.2) is 4.79 Å². The summed E-state index contributed by atoms with van der Waals surface area (Å²) >= 11 is 0. The van der Waals surface area contributed by atoms with Crippen molar-refractivity contribution in [2.24, 2.45) is 5.73 Å². The number of aromatic hydroxyl groups is 1. The van der Waals surface area contributed by atoms with Crippen molar-refractivity contribution in [2.45, 2.75) is 18.6 Å². The summed E-state index contributed by atoms with van der Waals surface area (Å²) in [4.78, 5) is 22.9. The summed E-state index contributed by atoms with van der Waals surface area (Å²) in [6, 6.07) is 5.00. The van der Waals surface area contributed by atoms with Crippen LogP contribution >= 0.6 is 0 Å². The van der Waals surface area contributed by atoms with Gasteiger partial charge in [-0.05, 0) is 17.7 Å². The van der Waals surface area contributed by atoms with Crippen LogP contribution < -0.4 is 11.1 Å². The summed E-state index contributed by atoms with van der Waals surface area (Å²) in [5.41, 5.74) is 6.02. The van der Waals surface area contributed by atoms with Gasteiger partial charge in [-0.2, -0.15) is 0 Å². The number of phenols is 1. The van der Waals surface area contributed by atoms with E-state index in [9.17, 15) is 9.59 Å². The number of nitrogens with one attached hydrogen (secondary N) is 1. The van der Waals surface area contributed by atoms with Crippen LogP contribution in [0.3, 0.4) is 0 Å². The van der Waals surface area contributed by atoms with Crippen LogP contribution in [0.15, 0.2) is 24.3 Å². The first-order chi connectivity index (χ1) is 9.47. The first-order valence-corrected chi connectivity index (χ1v) is 6.02. The Hall–Kier alpha value is -2.12. The van der Waals surface area contributed by atoms with Crippen molar-refractivity contribution in [3.05, 3.63) is 29.8 Å². The van der Waals surface area contributed by atoms with Crippen molar-refractivity contribution in [1.29, 1.82) is 0 Å². The molecule has 0 heterocycles. The Labute approximate surface area is 116 Å². The minimum Gasteiger partial charge on any atom is -0.508 e. The van der Waals surface area contributed by atoms with Gasteiger partial charge in [-0.1, -0.05) is 12.1 Å². The highest BCUT2D eigenvalue weighted by molar-refractivity contribution is 5.86.